The second kappa shape index (κ2) is 4.16. The van der Waals surface area contributed by atoms with Gasteiger partial charge in [0.05, 0.1) is 0 Å². The summed E-state index contributed by atoms with van der Waals surface area (Å²) in [6.07, 6.45) is 4.00. The van der Waals surface area contributed by atoms with Crippen LogP contribution in [-0.2, 0) is 9.53 Å². The van der Waals surface area contributed by atoms with Gasteiger partial charge in [-0.05, 0) is 12.8 Å². The lowest BCUT2D eigenvalue weighted by Crippen LogP contribution is -2.34. The summed E-state index contributed by atoms with van der Waals surface area (Å²) < 4.78 is 5.52. The van der Waals surface area contributed by atoms with Crippen LogP contribution in [0.15, 0.2) is 12.2 Å². The van der Waals surface area contributed by atoms with Gasteiger partial charge in [0.1, 0.15) is 5.60 Å². The number of esters is 1. The van der Waals surface area contributed by atoms with Crippen LogP contribution in [0.1, 0.15) is 46.5 Å². The summed E-state index contributed by atoms with van der Waals surface area (Å²) >= 11 is 0. The summed E-state index contributed by atoms with van der Waals surface area (Å²) in [4.78, 5) is 11.4. The molecule has 14 heavy (non-hydrogen) atoms. The van der Waals surface area contributed by atoms with Crippen molar-refractivity contribution in [3.8, 4) is 0 Å². The third kappa shape index (κ3) is 1.70. The number of rotatable bonds is 4. The normalized spacial score (nSPS) is 25.2. The molecule has 0 spiro atoms. The van der Waals surface area contributed by atoms with E-state index < -0.39 is 0 Å². The van der Waals surface area contributed by atoms with E-state index in [0.717, 1.165) is 25.7 Å². The number of hydrogen-bond donors (Lipinski definition) is 0. The van der Waals surface area contributed by atoms with Crippen LogP contribution in [0.5, 0.6) is 0 Å². The molecule has 0 aromatic rings. The number of ether oxygens (including phenoxy) is 1. The Morgan fingerprint density at radius 1 is 1.36 bits per heavy atom. The molecule has 0 N–H and O–H groups in total. The van der Waals surface area contributed by atoms with Gasteiger partial charge in [-0.3, -0.25) is 0 Å². The van der Waals surface area contributed by atoms with Gasteiger partial charge in [0.25, 0.3) is 0 Å². The van der Waals surface area contributed by atoms with Crippen molar-refractivity contribution in [2.45, 2.75) is 52.1 Å². The van der Waals surface area contributed by atoms with Crippen LogP contribution >= 0.6 is 0 Å². The zero-order valence-corrected chi connectivity index (χ0v) is 9.43. The number of carbonyl (C=O) groups excluding carboxylic acids is 1. The molecular formula is C12H20O2. The topological polar surface area (TPSA) is 26.3 Å². The first kappa shape index (κ1) is 11.3. The van der Waals surface area contributed by atoms with Gasteiger partial charge in [-0.15, -0.1) is 0 Å². The summed E-state index contributed by atoms with van der Waals surface area (Å²) in [6, 6.07) is 0. The zero-order valence-electron chi connectivity index (χ0n) is 9.43. The van der Waals surface area contributed by atoms with Crippen LogP contribution in [0, 0.1) is 5.92 Å². The largest absolute Gasteiger partial charge is 0.455 e. The van der Waals surface area contributed by atoms with Crippen molar-refractivity contribution in [2.75, 3.05) is 0 Å². The summed E-state index contributed by atoms with van der Waals surface area (Å²) in [5.41, 5.74) is 0.393. The third-order valence-corrected chi connectivity index (χ3v) is 3.22. The van der Waals surface area contributed by atoms with Crippen LogP contribution in [-0.4, -0.2) is 11.6 Å². The Kier molecular flexibility index (Phi) is 3.35. The molecule has 0 bridgehead atoms. The molecule has 0 saturated carbocycles. The predicted molar refractivity (Wildman–Crippen MR) is 56.9 cm³/mol. The van der Waals surface area contributed by atoms with Crippen LogP contribution in [0.3, 0.4) is 0 Å². The minimum Gasteiger partial charge on any atom is -0.455 e. The molecule has 80 valence electrons. The van der Waals surface area contributed by atoms with Gasteiger partial charge >= 0.3 is 5.97 Å². The first-order valence-electron chi connectivity index (χ1n) is 5.49. The maximum Gasteiger partial charge on any atom is 0.334 e. The van der Waals surface area contributed by atoms with E-state index in [1.807, 2.05) is 0 Å². The van der Waals surface area contributed by atoms with Crippen LogP contribution in [0.25, 0.3) is 0 Å². The lowest BCUT2D eigenvalue weighted by Gasteiger charge is -2.31. The van der Waals surface area contributed by atoms with Crippen LogP contribution in [0.4, 0.5) is 0 Å². The van der Waals surface area contributed by atoms with Gasteiger partial charge in [0, 0.05) is 11.5 Å². The average Bonchev–Trinajstić information content (AvgIpc) is 2.33. The van der Waals surface area contributed by atoms with Crippen molar-refractivity contribution in [1.29, 1.82) is 0 Å². The smallest absolute Gasteiger partial charge is 0.334 e. The Morgan fingerprint density at radius 2 is 1.86 bits per heavy atom. The summed E-state index contributed by atoms with van der Waals surface area (Å²) in [5.74, 6) is -0.0192. The Balaban J connectivity index is 2.87. The van der Waals surface area contributed by atoms with Crippen molar-refractivity contribution in [1.82, 2.24) is 0 Å². The fraction of sp³-hybridized carbons (Fsp3) is 0.750. The second-order valence-electron chi connectivity index (χ2n) is 4.20. The number of carbonyl (C=O) groups is 1. The van der Waals surface area contributed by atoms with Gasteiger partial charge < -0.3 is 4.74 Å². The van der Waals surface area contributed by atoms with Crippen molar-refractivity contribution in [3.63, 3.8) is 0 Å². The molecule has 1 heterocycles. The minimum absolute atomic E-state index is 0.176. The van der Waals surface area contributed by atoms with E-state index >= 15 is 0 Å². The van der Waals surface area contributed by atoms with E-state index in [-0.39, 0.29) is 17.5 Å². The molecule has 2 nitrogen and oxygen atoms in total. The lowest BCUT2D eigenvalue weighted by molar-refractivity contribution is -0.149. The van der Waals surface area contributed by atoms with Gasteiger partial charge in [0.2, 0.25) is 0 Å². The van der Waals surface area contributed by atoms with E-state index in [1.54, 1.807) is 0 Å². The zero-order chi connectivity index (χ0) is 10.8. The first-order valence-corrected chi connectivity index (χ1v) is 5.49. The highest BCUT2D eigenvalue weighted by molar-refractivity contribution is 5.91. The molecule has 1 aliphatic rings. The molecule has 1 fully saturated rings. The molecule has 2 heteroatoms. The highest BCUT2D eigenvalue weighted by atomic mass is 16.6. The van der Waals surface area contributed by atoms with E-state index in [2.05, 4.69) is 27.4 Å². The van der Waals surface area contributed by atoms with Crippen LogP contribution < -0.4 is 0 Å². The minimum atomic E-state index is -0.252. The lowest BCUT2D eigenvalue weighted by atomic mass is 9.80. The Morgan fingerprint density at radius 3 is 2.14 bits per heavy atom. The van der Waals surface area contributed by atoms with Gasteiger partial charge in [-0.2, -0.15) is 0 Å². The summed E-state index contributed by atoms with van der Waals surface area (Å²) in [5, 5.41) is 0. The molecule has 0 aromatic heterocycles. The van der Waals surface area contributed by atoms with E-state index in [1.165, 1.54) is 0 Å². The molecule has 0 amide bonds. The third-order valence-electron chi connectivity index (χ3n) is 3.22. The Bertz CT molecular complexity index is 237. The number of cyclic esters (lactones) is 1. The maximum absolute atomic E-state index is 11.4. The monoisotopic (exact) mass is 196 g/mol. The molecule has 1 saturated heterocycles. The van der Waals surface area contributed by atoms with Gasteiger partial charge in [-0.25, -0.2) is 4.79 Å². The molecule has 1 atom stereocenters. The maximum atomic E-state index is 11.4. The second-order valence-corrected chi connectivity index (χ2v) is 4.20. The quantitative estimate of drug-likeness (QED) is 0.510. The Hall–Kier alpha value is -0.790. The first-order chi connectivity index (χ1) is 6.57. The standard InChI is InChI=1S/C12H20O2/c1-5-7-12(8-6-2)10(4)9(3)11(13)14-12/h10H,3,5-8H2,1-2,4H3. The molecule has 1 aliphatic heterocycles. The van der Waals surface area contributed by atoms with E-state index in [4.69, 9.17) is 4.74 Å². The highest BCUT2D eigenvalue weighted by Crippen LogP contribution is 2.42. The highest BCUT2D eigenvalue weighted by Gasteiger charge is 2.47. The van der Waals surface area contributed by atoms with Crippen molar-refractivity contribution < 1.29 is 9.53 Å². The van der Waals surface area contributed by atoms with Gasteiger partial charge in [-0.1, -0.05) is 40.2 Å². The molecule has 0 aliphatic carbocycles. The summed E-state index contributed by atoms with van der Waals surface area (Å²) in [7, 11) is 0. The number of hydrogen-bond acceptors (Lipinski definition) is 2. The predicted octanol–water partition coefficient (Wildman–Crippen LogP) is 3.07. The van der Waals surface area contributed by atoms with Crippen molar-refractivity contribution in [2.24, 2.45) is 5.92 Å². The molecule has 0 radical (unpaired) electrons. The van der Waals surface area contributed by atoms with E-state index in [0.29, 0.717) is 5.57 Å². The van der Waals surface area contributed by atoms with Gasteiger partial charge in [0.15, 0.2) is 0 Å². The molecule has 1 unspecified atom stereocenters. The average molecular weight is 196 g/mol. The summed E-state index contributed by atoms with van der Waals surface area (Å²) in [6.45, 7) is 10.1. The molecule has 1 rings (SSSR count). The SMILES string of the molecule is C=C1C(=O)OC(CCC)(CCC)C1C. The Labute approximate surface area is 86.3 Å². The molecular weight excluding hydrogens is 176 g/mol. The van der Waals surface area contributed by atoms with Crippen LogP contribution in [0.2, 0.25) is 0 Å². The van der Waals surface area contributed by atoms with Crippen molar-refractivity contribution in [3.05, 3.63) is 12.2 Å². The fourth-order valence-electron chi connectivity index (χ4n) is 2.34. The van der Waals surface area contributed by atoms with E-state index in [9.17, 15) is 4.79 Å². The fourth-order valence-corrected chi connectivity index (χ4v) is 2.34. The molecule has 0 aromatic carbocycles. The van der Waals surface area contributed by atoms with Crippen molar-refractivity contribution >= 4 is 5.97 Å².